The first kappa shape index (κ1) is 34.8. The summed E-state index contributed by atoms with van der Waals surface area (Å²) < 4.78 is 32.1. The first-order chi connectivity index (χ1) is 27.5. The molecule has 2 aliphatic rings. The maximum Gasteiger partial charge on any atom is 0.324 e. The molecule has 0 saturated carbocycles. The van der Waals surface area contributed by atoms with Gasteiger partial charge in [0, 0.05) is 41.3 Å². The number of oxazole rings is 2. The fourth-order valence-corrected chi connectivity index (χ4v) is 5.47. The quantitative estimate of drug-likeness (QED) is 0.112. The SMILES string of the molecule is Nc1cc(-c2nc3ccccc3o2)ccn1.O=C(Nc1ccc2c(c1)OCO2)Nc1cc(-c2nc3ccccc3o2)ccn1.O=C=Nc1ccc2c(c1)OCO2. The minimum absolute atomic E-state index is 0.178. The van der Waals surface area contributed by atoms with Gasteiger partial charge in [-0.25, -0.2) is 29.5 Å². The third-order valence-corrected chi connectivity index (χ3v) is 8.03. The lowest BCUT2D eigenvalue weighted by molar-refractivity contribution is 0.173. The molecule has 2 aliphatic heterocycles. The Morgan fingerprint density at radius 2 is 1.23 bits per heavy atom. The summed E-state index contributed by atoms with van der Waals surface area (Å²) in [5.41, 5.74) is 11.3. The van der Waals surface area contributed by atoms with E-state index in [1.165, 1.54) is 6.08 Å². The maximum absolute atomic E-state index is 12.3. The van der Waals surface area contributed by atoms with Crippen LogP contribution < -0.4 is 35.3 Å². The predicted octanol–water partition coefficient (Wildman–Crippen LogP) is 8.12. The van der Waals surface area contributed by atoms with E-state index in [1.54, 1.807) is 67.0 Å². The van der Waals surface area contributed by atoms with Crippen LogP contribution in [0.1, 0.15) is 0 Å². The number of nitrogen functional groups attached to an aromatic ring is 1. The van der Waals surface area contributed by atoms with Crippen molar-refractivity contribution in [2.24, 2.45) is 4.99 Å². The molecule has 8 aromatic rings. The average Bonchev–Trinajstić information content (AvgIpc) is 4.04. The number of aliphatic imine (C=N–C) groups is 1. The number of ether oxygens (including phenoxy) is 4. The van der Waals surface area contributed by atoms with E-state index in [0.29, 0.717) is 68.9 Å². The second kappa shape index (κ2) is 15.8. The summed E-state index contributed by atoms with van der Waals surface area (Å²) in [7, 11) is 0. The highest BCUT2D eigenvalue weighted by molar-refractivity contribution is 5.99. The van der Waals surface area contributed by atoms with E-state index in [1.807, 2.05) is 54.6 Å². The van der Waals surface area contributed by atoms with E-state index < -0.39 is 6.03 Å². The first-order valence-corrected chi connectivity index (χ1v) is 16.8. The largest absolute Gasteiger partial charge is 0.454 e. The standard InChI is InChI=1S/C20H14N4O4.C12H9N3O.C8H5NO3/c25-20(22-13-5-6-16-17(10-13)27-11-26-16)24-18-9-12(7-8-21-18)19-23-14-3-1-2-4-15(14)28-19;13-11-7-8(5-6-14-11)12-15-9-3-1-2-4-10(9)16-12;10-4-9-6-1-2-7-8(3-6)12-5-11-7/h1-10H,11H2,(H2,21,22,24,25);1-7H,(H2,13,14);1-3H,5H2. The summed E-state index contributed by atoms with van der Waals surface area (Å²) in [5, 5.41) is 5.44. The van der Waals surface area contributed by atoms with Gasteiger partial charge in [-0.05, 0) is 72.8 Å². The maximum atomic E-state index is 12.3. The summed E-state index contributed by atoms with van der Waals surface area (Å²) in [6.45, 7) is 0.404. The highest BCUT2D eigenvalue weighted by Crippen LogP contribution is 2.36. The van der Waals surface area contributed by atoms with Gasteiger partial charge in [-0.15, -0.1) is 0 Å². The number of carbonyl (C=O) groups excluding carboxylic acids is 2. The Bertz CT molecular complexity index is 2680. The van der Waals surface area contributed by atoms with Gasteiger partial charge in [0.1, 0.15) is 22.7 Å². The molecule has 4 aromatic carbocycles. The monoisotopic (exact) mass is 748 g/mol. The van der Waals surface area contributed by atoms with Crippen LogP contribution in [0, 0.1) is 0 Å². The molecule has 4 aromatic heterocycles. The summed E-state index contributed by atoms with van der Waals surface area (Å²) in [6.07, 6.45) is 4.68. The molecule has 16 nitrogen and oxygen atoms in total. The molecule has 0 radical (unpaired) electrons. The number of para-hydroxylation sites is 4. The molecule has 10 rings (SSSR count). The number of fused-ring (bicyclic) bond motifs is 4. The number of aromatic nitrogens is 4. The molecule has 276 valence electrons. The minimum atomic E-state index is -0.430. The van der Waals surface area contributed by atoms with Gasteiger partial charge in [-0.1, -0.05) is 24.3 Å². The van der Waals surface area contributed by atoms with E-state index in [2.05, 4.69) is 35.6 Å². The number of nitrogens with one attached hydrogen (secondary N) is 2. The van der Waals surface area contributed by atoms with Crippen molar-refractivity contribution in [3.63, 3.8) is 0 Å². The van der Waals surface area contributed by atoms with Gasteiger partial charge < -0.3 is 38.8 Å². The van der Waals surface area contributed by atoms with Crippen molar-refractivity contribution < 1.29 is 37.4 Å². The van der Waals surface area contributed by atoms with Gasteiger partial charge in [-0.3, -0.25) is 5.32 Å². The molecule has 0 unspecified atom stereocenters. The minimum Gasteiger partial charge on any atom is -0.454 e. The summed E-state index contributed by atoms with van der Waals surface area (Å²) in [5.74, 6) is 4.40. The zero-order chi connectivity index (χ0) is 38.3. The van der Waals surface area contributed by atoms with Crippen LogP contribution in [0.4, 0.5) is 27.8 Å². The average molecular weight is 749 g/mol. The topological polar surface area (TPSA) is 211 Å². The number of rotatable bonds is 5. The van der Waals surface area contributed by atoms with Crippen molar-refractivity contribution in [2.45, 2.75) is 0 Å². The Labute approximate surface area is 316 Å². The van der Waals surface area contributed by atoms with Gasteiger partial charge in [0.05, 0.1) is 5.69 Å². The van der Waals surface area contributed by atoms with Crippen LogP contribution in [0.15, 0.2) is 135 Å². The van der Waals surface area contributed by atoms with Crippen LogP contribution >= 0.6 is 0 Å². The first-order valence-electron chi connectivity index (χ1n) is 16.8. The zero-order valence-electron chi connectivity index (χ0n) is 29.0. The molecule has 2 amide bonds. The molecule has 0 atom stereocenters. The van der Waals surface area contributed by atoms with Crippen molar-refractivity contribution in [1.82, 2.24) is 19.9 Å². The van der Waals surface area contributed by atoms with E-state index in [4.69, 9.17) is 33.5 Å². The molecule has 4 N–H and O–H groups in total. The fourth-order valence-electron chi connectivity index (χ4n) is 5.47. The Kier molecular flexibility index (Phi) is 9.82. The molecule has 0 fully saturated rings. The number of amides is 2. The Morgan fingerprint density at radius 1 is 0.643 bits per heavy atom. The van der Waals surface area contributed by atoms with E-state index in [-0.39, 0.29) is 13.6 Å². The number of hydrogen-bond donors (Lipinski definition) is 3. The van der Waals surface area contributed by atoms with Gasteiger partial charge >= 0.3 is 6.03 Å². The van der Waals surface area contributed by atoms with Crippen LogP contribution in [0.3, 0.4) is 0 Å². The molecule has 0 spiro atoms. The molecule has 0 bridgehead atoms. The van der Waals surface area contributed by atoms with Crippen LogP contribution in [-0.4, -0.2) is 45.6 Å². The number of anilines is 3. The van der Waals surface area contributed by atoms with Crippen molar-refractivity contribution in [3.8, 4) is 45.9 Å². The number of urea groups is 1. The molecule has 0 saturated heterocycles. The second-order valence-corrected chi connectivity index (χ2v) is 11.8. The van der Waals surface area contributed by atoms with E-state index in [0.717, 1.165) is 22.2 Å². The molecule has 16 heteroatoms. The third kappa shape index (κ3) is 8.05. The van der Waals surface area contributed by atoms with Crippen LogP contribution in [0.5, 0.6) is 23.0 Å². The Balaban J connectivity index is 0.000000132. The number of hydrogen-bond acceptors (Lipinski definition) is 14. The number of nitrogens with zero attached hydrogens (tertiary/aromatic N) is 5. The molecule has 0 aliphatic carbocycles. The summed E-state index contributed by atoms with van der Waals surface area (Å²) in [4.78, 5) is 42.6. The number of pyridine rings is 2. The van der Waals surface area contributed by atoms with E-state index >= 15 is 0 Å². The Morgan fingerprint density at radius 3 is 1.88 bits per heavy atom. The smallest absolute Gasteiger partial charge is 0.324 e. The fraction of sp³-hybridized carbons (Fsp3) is 0.0500. The van der Waals surface area contributed by atoms with Crippen molar-refractivity contribution >= 4 is 57.3 Å². The van der Waals surface area contributed by atoms with E-state index in [9.17, 15) is 9.59 Å². The molecular weight excluding hydrogens is 720 g/mol. The number of benzene rings is 4. The highest BCUT2D eigenvalue weighted by Gasteiger charge is 2.16. The van der Waals surface area contributed by atoms with Crippen LogP contribution in [-0.2, 0) is 4.79 Å². The van der Waals surface area contributed by atoms with Gasteiger partial charge in [-0.2, -0.15) is 4.99 Å². The number of nitrogens with two attached hydrogens (primary N) is 1. The summed E-state index contributed by atoms with van der Waals surface area (Å²) >= 11 is 0. The normalized spacial score (nSPS) is 11.8. The molecule has 6 heterocycles. The number of isocyanates is 1. The van der Waals surface area contributed by atoms with Crippen LogP contribution in [0.2, 0.25) is 0 Å². The third-order valence-electron chi connectivity index (χ3n) is 8.03. The lowest BCUT2D eigenvalue weighted by Gasteiger charge is -2.08. The van der Waals surface area contributed by atoms with Crippen LogP contribution in [0.25, 0.3) is 45.1 Å². The Hall–Kier alpha value is -8.23. The highest BCUT2D eigenvalue weighted by atomic mass is 16.7. The second-order valence-electron chi connectivity index (χ2n) is 11.8. The zero-order valence-corrected chi connectivity index (χ0v) is 29.0. The van der Waals surface area contributed by atoms with Gasteiger partial charge in [0.2, 0.25) is 31.4 Å². The molecule has 56 heavy (non-hydrogen) atoms. The lowest BCUT2D eigenvalue weighted by atomic mass is 10.2. The predicted molar refractivity (Wildman–Crippen MR) is 204 cm³/mol. The van der Waals surface area contributed by atoms with Crippen molar-refractivity contribution in [1.29, 1.82) is 0 Å². The van der Waals surface area contributed by atoms with Gasteiger partial charge in [0.25, 0.3) is 0 Å². The molecular formula is C40H28N8O8. The summed E-state index contributed by atoms with van der Waals surface area (Å²) in [6, 6.07) is 31.9. The number of carbonyl (C=O) groups is 1. The van der Waals surface area contributed by atoms with Crippen molar-refractivity contribution in [2.75, 3.05) is 30.0 Å². The van der Waals surface area contributed by atoms with Gasteiger partial charge in [0.15, 0.2) is 34.2 Å². The lowest BCUT2D eigenvalue weighted by Crippen LogP contribution is -2.20. The van der Waals surface area contributed by atoms with Crippen molar-refractivity contribution in [3.05, 3.63) is 122 Å².